The van der Waals surface area contributed by atoms with Crippen LogP contribution in [0.25, 0.3) is 10.9 Å². The minimum atomic E-state index is -0.309. The molecular weight excluding hydrogens is 289 g/mol. The van der Waals surface area contributed by atoms with Crippen molar-refractivity contribution < 1.29 is 4.39 Å². The molecule has 0 fully saturated rings. The number of benzene rings is 2. The van der Waals surface area contributed by atoms with Gasteiger partial charge in [0.2, 0.25) is 0 Å². The zero-order valence-corrected chi connectivity index (χ0v) is 11.7. The second-order valence-electron chi connectivity index (χ2n) is 4.44. The van der Waals surface area contributed by atoms with Crippen LogP contribution in [0.1, 0.15) is 5.56 Å². The van der Waals surface area contributed by atoms with Gasteiger partial charge in [-0.05, 0) is 35.9 Å². The minimum absolute atomic E-state index is 0.309. The molecule has 2 aromatic carbocycles. The van der Waals surface area contributed by atoms with E-state index in [0.29, 0.717) is 10.5 Å². The molecule has 5 heteroatoms. The van der Waals surface area contributed by atoms with Crippen LogP contribution in [-0.4, -0.2) is 11.2 Å². The summed E-state index contributed by atoms with van der Waals surface area (Å²) in [6, 6.07) is 13.6. The highest BCUT2D eigenvalue weighted by Crippen LogP contribution is 2.22. The van der Waals surface area contributed by atoms with Crippen LogP contribution in [0.2, 0.25) is 5.02 Å². The average Bonchev–Trinajstić information content (AvgIpc) is 2.49. The third kappa shape index (κ3) is 3.17. The van der Waals surface area contributed by atoms with Gasteiger partial charge >= 0.3 is 0 Å². The van der Waals surface area contributed by atoms with Crippen LogP contribution < -0.4 is 5.43 Å². The average molecular weight is 300 g/mol. The van der Waals surface area contributed by atoms with Gasteiger partial charge in [-0.15, -0.1) is 0 Å². The summed E-state index contributed by atoms with van der Waals surface area (Å²) in [7, 11) is 0. The van der Waals surface area contributed by atoms with Gasteiger partial charge in [0.1, 0.15) is 5.82 Å². The summed E-state index contributed by atoms with van der Waals surface area (Å²) in [5.74, 6) is -0.309. The van der Waals surface area contributed by atoms with Gasteiger partial charge in [0.25, 0.3) is 0 Å². The molecule has 0 aliphatic carbocycles. The SMILES string of the molecule is Fc1ccc2c(N/N=C/c3ccc(Cl)cc3)ccnc2c1. The molecule has 0 unspecified atom stereocenters. The lowest BCUT2D eigenvalue weighted by Gasteiger charge is -2.04. The number of hydrogen-bond donors (Lipinski definition) is 1. The molecule has 21 heavy (non-hydrogen) atoms. The largest absolute Gasteiger partial charge is 0.278 e. The zero-order chi connectivity index (χ0) is 14.7. The third-order valence-electron chi connectivity index (χ3n) is 2.97. The number of fused-ring (bicyclic) bond motifs is 1. The smallest absolute Gasteiger partial charge is 0.125 e. The molecular formula is C16H11ClFN3. The molecule has 0 atom stereocenters. The Bertz CT molecular complexity index is 800. The molecule has 0 saturated carbocycles. The maximum Gasteiger partial charge on any atom is 0.125 e. The van der Waals surface area contributed by atoms with E-state index in [2.05, 4.69) is 15.5 Å². The molecule has 3 rings (SSSR count). The van der Waals surface area contributed by atoms with Gasteiger partial charge in [-0.2, -0.15) is 5.10 Å². The van der Waals surface area contributed by atoms with Crippen LogP contribution >= 0.6 is 11.6 Å². The Balaban J connectivity index is 1.83. The Morgan fingerprint density at radius 2 is 1.90 bits per heavy atom. The topological polar surface area (TPSA) is 37.3 Å². The number of rotatable bonds is 3. The van der Waals surface area contributed by atoms with Crippen LogP contribution in [0.3, 0.4) is 0 Å². The lowest BCUT2D eigenvalue weighted by Crippen LogP contribution is -1.93. The summed E-state index contributed by atoms with van der Waals surface area (Å²) in [6.07, 6.45) is 3.30. The first kappa shape index (κ1) is 13.5. The predicted molar refractivity (Wildman–Crippen MR) is 84.4 cm³/mol. The summed E-state index contributed by atoms with van der Waals surface area (Å²) in [6.45, 7) is 0. The van der Waals surface area contributed by atoms with Gasteiger partial charge in [0, 0.05) is 22.7 Å². The number of nitrogens with zero attached hydrogens (tertiary/aromatic N) is 2. The van der Waals surface area contributed by atoms with Gasteiger partial charge in [-0.1, -0.05) is 23.7 Å². The second-order valence-corrected chi connectivity index (χ2v) is 4.88. The highest BCUT2D eigenvalue weighted by Gasteiger charge is 2.02. The Hall–Kier alpha value is -2.46. The maximum absolute atomic E-state index is 13.2. The molecule has 0 radical (unpaired) electrons. The summed E-state index contributed by atoms with van der Waals surface area (Å²) < 4.78 is 13.2. The highest BCUT2D eigenvalue weighted by atomic mass is 35.5. The summed E-state index contributed by atoms with van der Waals surface area (Å²) in [5, 5.41) is 5.67. The minimum Gasteiger partial charge on any atom is -0.278 e. The Labute approximate surface area is 126 Å². The van der Waals surface area contributed by atoms with Crippen molar-refractivity contribution in [2.45, 2.75) is 0 Å². The van der Waals surface area contributed by atoms with Crippen LogP contribution in [0.4, 0.5) is 10.1 Å². The maximum atomic E-state index is 13.2. The van der Waals surface area contributed by atoms with E-state index in [4.69, 9.17) is 11.6 Å². The molecule has 0 aliphatic heterocycles. The van der Waals surface area contributed by atoms with Crippen molar-refractivity contribution in [2.24, 2.45) is 5.10 Å². The van der Waals surface area contributed by atoms with Crippen molar-refractivity contribution in [1.29, 1.82) is 0 Å². The number of aromatic nitrogens is 1. The van der Waals surface area contributed by atoms with Crippen molar-refractivity contribution in [3.63, 3.8) is 0 Å². The van der Waals surface area contributed by atoms with Crippen LogP contribution in [0, 0.1) is 5.82 Å². The monoisotopic (exact) mass is 299 g/mol. The zero-order valence-electron chi connectivity index (χ0n) is 10.9. The van der Waals surface area contributed by atoms with Crippen molar-refractivity contribution in [2.75, 3.05) is 5.43 Å². The van der Waals surface area contributed by atoms with Crippen molar-refractivity contribution in [1.82, 2.24) is 4.98 Å². The first-order valence-electron chi connectivity index (χ1n) is 6.31. The quantitative estimate of drug-likeness (QED) is 0.572. The Morgan fingerprint density at radius 1 is 1.10 bits per heavy atom. The van der Waals surface area contributed by atoms with E-state index in [1.165, 1.54) is 12.1 Å². The molecule has 0 saturated heterocycles. The first-order valence-corrected chi connectivity index (χ1v) is 6.69. The Morgan fingerprint density at radius 3 is 2.71 bits per heavy atom. The van der Waals surface area contributed by atoms with Gasteiger partial charge in [-0.3, -0.25) is 10.4 Å². The van der Waals surface area contributed by atoms with Gasteiger partial charge in [-0.25, -0.2) is 4.39 Å². The van der Waals surface area contributed by atoms with E-state index in [1.807, 2.05) is 12.1 Å². The molecule has 0 spiro atoms. The van der Waals surface area contributed by atoms with E-state index >= 15 is 0 Å². The normalized spacial score (nSPS) is 11.1. The van der Waals surface area contributed by atoms with Gasteiger partial charge < -0.3 is 0 Å². The van der Waals surface area contributed by atoms with E-state index in [1.54, 1.807) is 36.7 Å². The lowest BCUT2D eigenvalue weighted by atomic mass is 10.2. The molecule has 3 aromatic rings. The number of hydrazone groups is 1. The van der Waals surface area contributed by atoms with Gasteiger partial charge in [0.05, 0.1) is 17.4 Å². The van der Waals surface area contributed by atoms with Crippen molar-refractivity contribution >= 4 is 34.4 Å². The molecule has 1 aromatic heterocycles. The highest BCUT2D eigenvalue weighted by molar-refractivity contribution is 6.30. The fourth-order valence-corrected chi connectivity index (χ4v) is 2.07. The molecule has 1 heterocycles. The summed E-state index contributed by atoms with van der Waals surface area (Å²) in [4.78, 5) is 4.13. The lowest BCUT2D eigenvalue weighted by molar-refractivity contribution is 0.629. The van der Waals surface area contributed by atoms with Crippen LogP contribution in [-0.2, 0) is 0 Å². The molecule has 0 aliphatic rings. The number of pyridine rings is 1. The number of halogens is 2. The molecule has 1 N–H and O–H groups in total. The van der Waals surface area contributed by atoms with E-state index in [-0.39, 0.29) is 5.82 Å². The second kappa shape index (κ2) is 5.89. The third-order valence-corrected chi connectivity index (χ3v) is 3.23. The van der Waals surface area contributed by atoms with Crippen LogP contribution in [0.5, 0.6) is 0 Å². The fraction of sp³-hybridized carbons (Fsp3) is 0. The van der Waals surface area contributed by atoms with Crippen molar-refractivity contribution in [3.05, 3.63) is 71.1 Å². The summed E-state index contributed by atoms with van der Waals surface area (Å²) >= 11 is 5.82. The standard InChI is InChI=1S/C16H11ClFN3/c17-12-3-1-11(2-4-12)10-20-21-15-7-8-19-16-9-13(18)5-6-14(15)16/h1-10H,(H,19,21)/b20-10+. The Kier molecular flexibility index (Phi) is 3.79. The van der Waals surface area contributed by atoms with E-state index in [0.717, 1.165) is 16.6 Å². The molecule has 104 valence electrons. The van der Waals surface area contributed by atoms with Crippen LogP contribution in [0.15, 0.2) is 59.8 Å². The van der Waals surface area contributed by atoms with Crippen molar-refractivity contribution in [3.8, 4) is 0 Å². The predicted octanol–water partition coefficient (Wildman–Crippen LogP) is 4.47. The number of nitrogens with one attached hydrogen (secondary N) is 1. The fourth-order valence-electron chi connectivity index (χ4n) is 1.94. The number of hydrogen-bond acceptors (Lipinski definition) is 3. The molecule has 0 bridgehead atoms. The molecule has 3 nitrogen and oxygen atoms in total. The first-order chi connectivity index (χ1) is 10.2. The van der Waals surface area contributed by atoms with Gasteiger partial charge in [0.15, 0.2) is 0 Å². The number of anilines is 1. The summed E-state index contributed by atoms with van der Waals surface area (Å²) in [5.41, 5.74) is 5.22. The van der Waals surface area contributed by atoms with E-state index in [9.17, 15) is 4.39 Å². The van der Waals surface area contributed by atoms with E-state index < -0.39 is 0 Å². The molecule has 0 amide bonds.